The Kier molecular flexibility index (Phi) is 5.58. The topological polar surface area (TPSA) is 110 Å². The summed E-state index contributed by atoms with van der Waals surface area (Å²) in [6, 6.07) is 18.8. The average Bonchev–Trinajstić information content (AvgIpc) is 3.16. The van der Waals surface area contributed by atoms with Crippen LogP contribution in [0.25, 0.3) is 11.3 Å². The minimum absolute atomic E-state index is 0.0129. The molecule has 1 amide bonds. The first-order chi connectivity index (χ1) is 13.1. The largest absolute Gasteiger partial charge is 0.455 e. The molecule has 2 N–H and O–H groups in total. The zero-order valence-electron chi connectivity index (χ0n) is 14.2. The van der Waals surface area contributed by atoms with Crippen molar-refractivity contribution in [3.8, 4) is 11.3 Å². The summed E-state index contributed by atoms with van der Waals surface area (Å²) in [7, 11) is 0. The van der Waals surface area contributed by atoms with Crippen LogP contribution < -0.4 is 10.7 Å². The number of rotatable bonds is 7. The van der Waals surface area contributed by atoms with Crippen molar-refractivity contribution in [2.75, 3.05) is 11.9 Å². The molecule has 8 nitrogen and oxygen atoms in total. The second-order valence-electron chi connectivity index (χ2n) is 5.52. The summed E-state index contributed by atoms with van der Waals surface area (Å²) in [6.45, 7) is 0.0908. The number of anilines is 1. The predicted octanol–water partition coefficient (Wildman–Crippen LogP) is 3.42. The number of nitro groups is 1. The van der Waals surface area contributed by atoms with Gasteiger partial charge < -0.3 is 9.73 Å². The molecule has 0 aliphatic heterocycles. The maximum Gasteiger partial charge on any atom is 0.269 e. The highest BCUT2D eigenvalue weighted by atomic mass is 16.6. The van der Waals surface area contributed by atoms with E-state index in [-0.39, 0.29) is 18.1 Å². The second kappa shape index (κ2) is 8.43. The van der Waals surface area contributed by atoms with Crippen LogP contribution in [0.2, 0.25) is 0 Å². The number of amides is 1. The van der Waals surface area contributed by atoms with Gasteiger partial charge in [0, 0.05) is 23.4 Å². The molecule has 0 saturated heterocycles. The first kappa shape index (κ1) is 17.9. The molecule has 0 spiro atoms. The third-order valence-corrected chi connectivity index (χ3v) is 3.60. The number of hydrogen-bond donors (Lipinski definition) is 2. The summed E-state index contributed by atoms with van der Waals surface area (Å²) in [5, 5.41) is 17.5. The van der Waals surface area contributed by atoms with Crippen LogP contribution in [-0.4, -0.2) is 23.6 Å². The fraction of sp³-hybridized carbons (Fsp3) is 0.0526. The highest BCUT2D eigenvalue weighted by molar-refractivity contribution is 5.83. The summed E-state index contributed by atoms with van der Waals surface area (Å²) in [4.78, 5) is 22.0. The highest BCUT2D eigenvalue weighted by Crippen LogP contribution is 2.23. The van der Waals surface area contributed by atoms with Gasteiger partial charge in [0.25, 0.3) is 11.6 Å². The standard InChI is InChI=1S/C19H16N4O4/c24-19(13-20-15-4-2-1-3-5-15)22-21-12-17-10-11-18(27-17)14-6-8-16(9-7-14)23(25)26/h1-12,20H,13H2,(H,22,24)/b21-12+. The van der Waals surface area contributed by atoms with Crippen molar-refractivity contribution in [2.45, 2.75) is 0 Å². The maximum atomic E-state index is 11.7. The molecule has 8 heteroatoms. The number of benzene rings is 2. The van der Waals surface area contributed by atoms with E-state index >= 15 is 0 Å². The van der Waals surface area contributed by atoms with Gasteiger partial charge in [-0.15, -0.1) is 0 Å². The molecular formula is C19H16N4O4. The van der Waals surface area contributed by atoms with Crippen LogP contribution >= 0.6 is 0 Å². The van der Waals surface area contributed by atoms with Crippen molar-refractivity contribution in [3.63, 3.8) is 0 Å². The van der Waals surface area contributed by atoms with E-state index in [4.69, 9.17) is 4.42 Å². The van der Waals surface area contributed by atoms with E-state index in [1.165, 1.54) is 18.3 Å². The molecule has 0 fully saturated rings. The Labute approximate surface area is 154 Å². The molecule has 0 aliphatic rings. The van der Waals surface area contributed by atoms with Crippen LogP contribution in [0.5, 0.6) is 0 Å². The molecule has 0 bridgehead atoms. The summed E-state index contributed by atoms with van der Waals surface area (Å²) >= 11 is 0. The van der Waals surface area contributed by atoms with Crippen LogP contribution in [0.15, 0.2) is 76.2 Å². The van der Waals surface area contributed by atoms with E-state index in [0.29, 0.717) is 17.1 Å². The third-order valence-electron chi connectivity index (χ3n) is 3.60. The Balaban J connectivity index is 1.52. The van der Waals surface area contributed by atoms with Crippen molar-refractivity contribution < 1.29 is 14.1 Å². The van der Waals surface area contributed by atoms with Crippen molar-refractivity contribution in [1.29, 1.82) is 0 Å². The summed E-state index contributed by atoms with van der Waals surface area (Å²) in [5.74, 6) is 0.695. The Morgan fingerprint density at radius 1 is 1.07 bits per heavy atom. The van der Waals surface area contributed by atoms with Crippen LogP contribution in [-0.2, 0) is 4.79 Å². The number of hydrazone groups is 1. The van der Waals surface area contributed by atoms with E-state index in [0.717, 1.165) is 5.69 Å². The molecular weight excluding hydrogens is 348 g/mol. The lowest BCUT2D eigenvalue weighted by molar-refractivity contribution is -0.384. The van der Waals surface area contributed by atoms with Crippen LogP contribution in [0.1, 0.15) is 5.76 Å². The number of carbonyl (C=O) groups excluding carboxylic acids is 1. The molecule has 1 aromatic heterocycles. The van der Waals surface area contributed by atoms with Gasteiger partial charge in [0.2, 0.25) is 0 Å². The van der Waals surface area contributed by atoms with Gasteiger partial charge in [-0.1, -0.05) is 18.2 Å². The zero-order chi connectivity index (χ0) is 19.1. The van der Waals surface area contributed by atoms with Crippen LogP contribution in [0.3, 0.4) is 0 Å². The smallest absolute Gasteiger partial charge is 0.269 e. The van der Waals surface area contributed by atoms with E-state index in [2.05, 4.69) is 15.8 Å². The molecule has 0 saturated carbocycles. The third kappa shape index (κ3) is 5.02. The Morgan fingerprint density at radius 3 is 2.52 bits per heavy atom. The van der Waals surface area contributed by atoms with Gasteiger partial charge in [-0.2, -0.15) is 5.10 Å². The molecule has 27 heavy (non-hydrogen) atoms. The van der Waals surface area contributed by atoms with Gasteiger partial charge in [0.15, 0.2) is 0 Å². The minimum Gasteiger partial charge on any atom is -0.455 e. The van der Waals surface area contributed by atoms with E-state index < -0.39 is 4.92 Å². The second-order valence-corrected chi connectivity index (χ2v) is 5.52. The Morgan fingerprint density at radius 2 is 1.81 bits per heavy atom. The van der Waals surface area contributed by atoms with E-state index in [9.17, 15) is 14.9 Å². The van der Waals surface area contributed by atoms with Gasteiger partial charge in [-0.25, -0.2) is 5.43 Å². The molecule has 0 atom stereocenters. The van der Waals surface area contributed by atoms with Gasteiger partial charge >= 0.3 is 0 Å². The van der Waals surface area contributed by atoms with Crippen molar-refractivity contribution in [3.05, 3.63) is 82.6 Å². The fourth-order valence-electron chi connectivity index (χ4n) is 2.27. The molecule has 1 heterocycles. The quantitative estimate of drug-likeness (QED) is 0.379. The van der Waals surface area contributed by atoms with E-state index in [1.54, 1.807) is 24.3 Å². The van der Waals surface area contributed by atoms with Gasteiger partial charge in [-0.3, -0.25) is 14.9 Å². The normalized spacial score (nSPS) is 10.7. The summed E-state index contributed by atoms with van der Waals surface area (Å²) in [5.41, 5.74) is 3.96. The first-order valence-electron chi connectivity index (χ1n) is 8.07. The molecule has 3 aromatic rings. The molecule has 0 aliphatic carbocycles. The summed E-state index contributed by atoms with van der Waals surface area (Å²) < 4.78 is 5.60. The minimum atomic E-state index is -0.459. The molecule has 0 radical (unpaired) electrons. The molecule has 3 rings (SSSR count). The van der Waals surface area contributed by atoms with Crippen molar-refractivity contribution in [2.24, 2.45) is 5.10 Å². The lowest BCUT2D eigenvalue weighted by Gasteiger charge is -2.04. The fourth-order valence-corrected chi connectivity index (χ4v) is 2.27. The van der Waals surface area contributed by atoms with E-state index in [1.807, 2.05) is 30.3 Å². The Bertz CT molecular complexity index is 949. The number of nitrogens with zero attached hydrogens (tertiary/aromatic N) is 2. The lowest BCUT2D eigenvalue weighted by atomic mass is 10.1. The zero-order valence-corrected chi connectivity index (χ0v) is 14.2. The van der Waals surface area contributed by atoms with Crippen LogP contribution in [0.4, 0.5) is 11.4 Å². The number of para-hydroxylation sites is 1. The van der Waals surface area contributed by atoms with Crippen molar-refractivity contribution in [1.82, 2.24) is 5.43 Å². The number of carbonyl (C=O) groups is 1. The summed E-state index contributed by atoms with van der Waals surface area (Å²) in [6.07, 6.45) is 1.38. The van der Waals surface area contributed by atoms with Gasteiger partial charge in [-0.05, 0) is 36.4 Å². The predicted molar refractivity (Wildman–Crippen MR) is 101 cm³/mol. The Hall–Kier alpha value is -3.94. The van der Waals surface area contributed by atoms with Gasteiger partial charge in [0.1, 0.15) is 11.5 Å². The average molecular weight is 364 g/mol. The number of nitro benzene ring substituents is 1. The number of furan rings is 1. The maximum absolute atomic E-state index is 11.7. The molecule has 136 valence electrons. The highest BCUT2D eigenvalue weighted by Gasteiger charge is 2.08. The number of non-ortho nitro benzene ring substituents is 1. The van der Waals surface area contributed by atoms with Gasteiger partial charge in [0.05, 0.1) is 17.7 Å². The monoisotopic (exact) mass is 364 g/mol. The van der Waals surface area contributed by atoms with Crippen molar-refractivity contribution >= 4 is 23.5 Å². The first-order valence-corrected chi connectivity index (χ1v) is 8.07. The molecule has 2 aromatic carbocycles. The molecule has 0 unspecified atom stereocenters. The van der Waals surface area contributed by atoms with Crippen LogP contribution in [0, 0.1) is 10.1 Å². The number of hydrogen-bond acceptors (Lipinski definition) is 6. The lowest BCUT2D eigenvalue weighted by Crippen LogP contribution is -2.25. The number of nitrogens with one attached hydrogen (secondary N) is 2. The SMILES string of the molecule is O=C(CNc1ccccc1)N/N=C/c1ccc(-c2ccc([N+](=O)[O-])cc2)o1.